The summed E-state index contributed by atoms with van der Waals surface area (Å²) in [5.74, 6) is -2.05. The highest BCUT2D eigenvalue weighted by molar-refractivity contribution is 7.91. The summed E-state index contributed by atoms with van der Waals surface area (Å²) in [5.41, 5.74) is 0.180. The molecule has 0 N–H and O–H groups in total. The molecule has 10 heteroatoms. The normalized spacial score (nSPS) is 11.9. The molecule has 0 aliphatic heterocycles. The van der Waals surface area contributed by atoms with Crippen LogP contribution in [0.1, 0.15) is 23.7 Å². The highest BCUT2D eigenvalue weighted by Crippen LogP contribution is 2.32. The van der Waals surface area contributed by atoms with Crippen LogP contribution in [0.5, 0.6) is 0 Å². The molecule has 1 heterocycles. The van der Waals surface area contributed by atoms with Crippen molar-refractivity contribution in [1.29, 1.82) is 0 Å². The third-order valence-electron chi connectivity index (χ3n) is 4.69. The molecule has 166 valence electrons. The first kappa shape index (κ1) is 23.2. The lowest BCUT2D eigenvalue weighted by atomic mass is 10.2. The van der Waals surface area contributed by atoms with Gasteiger partial charge in [0.1, 0.15) is 11.3 Å². The summed E-state index contributed by atoms with van der Waals surface area (Å²) in [5, 5.41) is 0.229. The third kappa shape index (κ3) is 5.25. The second kappa shape index (κ2) is 9.37. The van der Waals surface area contributed by atoms with Gasteiger partial charge in [0.25, 0.3) is 5.91 Å². The summed E-state index contributed by atoms with van der Waals surface area (Å²) in [6.45, 7) is 2.51. The summed E-state index contributed by atoms with van der Waals surface area (Å²) in [6, 6.07) is 7.76. The smallest absolute Gasteiger partial charge is 0.260 e. The maximum absolute atomic E-state index is 14.2. The molecule has 0 fully saturated rings. The molecule has 3 rings (SSSR count). The molecular weight excluding hydrogens is 444 g/mol. The average molecular weight is 468 g/mol. The number of anilines is 1. The second-order valence-corrected chi connectivity index (χ2v) is 10.6. The summed E-state index contributed by atoms with van der Waals surface area (Å²) >= 11 is 1.01. The summed E-state index contributed by atoms with van der Waals surface area (Å²) < 4.78 is 52.5. The van der Waals surface area contributed by atoms with E-state index in [2.05, 4.69) is 4.98 Å². The average Bonchev–Trinajstić information content (AvgIpc) is 3.14. The van der Waals surface area contributed by atoms with Gasteiger partial charge in [0.15, 0.2) is 20.8 Å². The van der Waals surface area contributed by atoms with Gasteiger partial charge in [-0.3, -0.25) is 9.69 Å². The van der Waals surface area contributed by atoms with Crippen LogP contribution in [0.15, 0.2) is 41.3 Å². The van der Waals surface area contributed by atoms with Crippen molar-refractivity contribution in [3.8, 4) is 0 Å². The zero-order valence-corrected chi connectivity index (χ0v) is 19.1. The SMILES string of the molecule is CCS(=O)(=O)c1cccc(C(=O)N(CCCN(C)C)c2nc3c(F)cc(F)cc3s2)c1. The molecule has 0 spiro atoms. The Balaban J connectivity index is 2.02. The summed E-state index contributed by atoms with van der Waals surface area (Å²) in [4.78, 5) is 21.0. The molecule has 0 atom stereocenters. The minimum absolute atomic E-state index is 0.00544. The summed E-state index contributed by atoms with van der Waals surface area (Å²) in [7, 11) is 0.322. The van der Waals surface area contributed by atoms with Crippen LogP contribution in [0.25, 0.3) is 10.2 Å². The Morgan fingerprint density at radius 2 is 1.87 bits per heavy atom. The van der Waals surface area contributed by atoms with Crippen molar-refractivity contribution in [2.24, 2.45) is 0 Å². The number of thiazole rings is 1. The number of halogens is 2. The minimum Gasteiger partial charge on any atom is -0.309 e. The van der Waals surface area contributed by atoms with Crippen LogP contribution in [0.3, 0.4) is 0 Å². The largest absolute Gasteiger partial charge is 0.309 e. The lowest BCUT2D eigenvalue weighted by Gasteiger charge is -2.21. The van der Waals surface area contributed by atoms with Crippen molar-refractivity contribution in [3.63, 3.8) is 0 Å². The molecular formula is C21H23F2N3O3S2. The van der Waals surface area contributed by atoms with Crippen molar-refractivity contribution in [1.82, 2.24) is 9.88 Å². The van der Waals surface area contributed by atoms with E-state index in [0.717, 1.165) is 17.4 Å². The van der Waals surface area contributed by atoms with E-state index in [-0.39, 0.29) is 33.4 Å². The van der Waals surface area contributed by atoms with Gasteiger partial charge in [0.2, 0.25) is 0 Å². The van der Waals surface area contributed by atoms with E-state index in [9.17, 15) is 22.0 Å². The molecule has 3 aromatic rings. The van der Waals surface area contributed by atoms with Gasteiger partial charge in [0, 0.05) is 18.2 Å². The Morgan fingerprint density at radius 3 is 2.55 bits per heavy atom. The quantitative estimate of drug-likeness (QED) is 0.501. The van der Waals surface area contributed by atoms with Crippen molar-refractivity contribution in [2.45, 2.75) is 18.2 Å². The standard InChI is InChI=1S/C21H23F2N3O3S2/c1-4-31(28,29)16-8-5-7-14(11-16)20(27)26(10-6-9-25(2)3)21-24-19-17(23)12-15(22)13-18(19)30-21/h5,7-8,11-13H,4,6,9-10H2,1-3H3. The van der Waals surface area contributed by atoms with E-state index in [1.54, 1.807) is 0 Å². The van der Waals surface area contributed by atoms with E-state index in [4.69, 9.17) is 0 Å². The van der Waals surface area contributed by atoms with Crippen LogP contribution in [0.2, 0.25) is 0 Å². The fourth-order valence-electron chi connectivity index (χ4n) is 3.04. The Labute approximate surface area is 184 Å². The van der Waals surface area contributed by atoms with Gasteiger partial charge >= 0.3 is 0 Å². The lowest BCUT2D eigenvalue weighted by molar-refractivity contribution is 0.0986. The van der Waals surface area contributed by atoms with Gasteiger partial charge in [-0.2, -0.15) is 0 Å². The van der Waals surface area contributed by atoms with Crippen LogP contribution in [0, 0.1) is 11.6 Å². The van der Waals surface area contributed by atoms with Gasteiger partial charge in [-0.1, -0.05) is 24.3 Å². The zero-order valence-electron chi connectivity index (χ0n) is 17.4. The number of carbonyl (C=O) groups excluding carboxylic acids is 1. The number of aromatic nitrogens is 1. The first-order valence-corrected chi connectivity index (χ1v) is 12.1. The van der Waals surface area contributed by atoms with Crippen LogP contribution >= 0.6 is 11.3 Å². The highest BCUT2D eigenvalue weighted by Gasteiger charge is 2.24. The van der Waals surface area contributed by atoms with Crippen molar-refractivity contribution >= 4 is 42.4 Å². The maximum Gasteiger partial charge on any atom is 0.260 e. The van der Waals surface area contributed by atoms with E-state index in [1.807, 2.05) is 19.0 Å². The van der Waals surface area contributed by atoms with Crippen molar-refractivity contribution in [3.05, 3.63) is 53.6 Å². The number of sulfone groups is 1. The molecule has 0 saturated heterocycles. The number of hydrogen-bond donors (Lipinski definition) is 0. The molecule has 0 aliphatic rings. The van der Waals surface area contributed by atoms with Crippen LogP contribution < -0.4 is 4.90 Å². The van der Waals surface area contributed by atoms with Gasteiger partial charge in [0.05, 0.1) is 15.3 Å². The fraction of sp³-hybridized carbons (Fsp3) is 0.333. The lowest BCUT2D eigenvalue weighted by Crippen LogP contribution is -2.33. The topological polar surface area (TPSA) is 70.6 Å². The Morgan fingerprint density at radius 1 is 1.13 bits per heavy atom. The van der Waals surface area contributed by atoms with E-state index in [1.165, 1.54) is 42.2 Å². The molecule has 1 aromatic heterocycles. The van der Waals surface area contributed by atoms with E-state index >= 15 is 0 Å². The predicted molar refractivity (Wildman–Crippen MR) is 119 cm³/mol. The number of carbonyl (C=O) groups is 1. The number of hydrogen-bond acceptors (Lipinski definition) is 6. The zero-order chi connectivity index (χ0) is 22.8. The third-order valence-corrected chi connectivity index (χ3v) is 7.44. The Hall–Kier alpha value is -2.43. The second-order valence-electron chi connectivity index (χ2n) is 7.28. The van der Waals surface area contributed by atoms with Crippen molar-refractivity contribution in [2.75, 3.05) is 37.8 Å². The number of benzene rings is 2. The molecule has 0 unspecified atom stereocenters. The predicted octanol–water partition coefficient (Wildman–Crippen LogP) is 3.97. The number of fused-ring (bicyclic) bond motifs is 1. The first-order valence-electron chi connectivity index (χ1n) is 9.67. The van der Waals surface area contributed by atoms with Crippen molar-refractivity contribution < 1.29 is 22.0 Å². The Kier molecular flexibility index (Phi) is 7.03. The van der Waals surface area contributed by atoms with Gasteiger partial charge in [-0.25, -0.2) is 22.2 Å². The minimum atomic E-state index is -3.49. The number of amides is 1. The van der Waals surface area contributed by atoms with Gasteiger partial charge < -0.3 is 4.90 Å². The molecule has 1 amide bonds. The monoisotopic (exact) mass is 467 g/mol. The molecule has 0 radical (unpaired) electrons. The molecule has 0 saturated carbocycles. The molecule has 31 heavy (non-hydrogen) atoms. The summed E-state index contributed by atoms with van der Waals surface area (Å²) in [6.07, 6.45) is 0.610. The number of nitrogens with zero attached hydrogens (tertiary/aromatic N) is 3. The Bertz CT molecular complexity index is 1210. The van der Waals surface area contributed by atoms with Crippen LogP contribution in [0.4, 0.5) is 13.9 Å². The molecule has 0 bridgehead atoms. The van der Waals surface area contributed by atoms with E-state index < -0.39 is 27.4 Å². The van der Waals surface area contributed by atoms with E-state index in [0.29, 0.717) is 17.7 Å². The fourth-order valence-corrected chi connectivity index (χ4v) is 4.99. The van der Waals surface area contributed by atoms with Gasteiger partial charge in [-0.05, 0) is 51.3 Å². The first-order chi connectivity index (χ1) is 14.6. The van der Waals surface area contributed by atoms with Crippen LogP contribution in [-0.2, 0) is 9.84 Å². The van der Waals surface area contributed by atoms with Gasteiger partial charge in [-0.15, -0.1) is 0 Å². The highest BCUT2D eigenvalue weighted by atomic mass is 32.2. The number of rotatable bonds is 8. The molecule has 2 aromatic carbocycles. The molecule has 6 nitrogen and oxygen atoms in total. The van der Waals surface area contributed by atoms with Crippen LogP contribution in [-0.4, -0.2) is 57.1 Å². The molecule has 0 aliphatic carbocycles. The maximum atomic E-state index is 14.2.